The number of ether oxygens (including phenoxy) is 3. The van der Waals surface area contributed by atoms with Gasteiger partial charge in [0.15, 0.2) is 11.5 Å². The molecule has 0 fully saturated rings. The van der Waals surface area contributed by atoms with Crippen LogP contribution in [-0.4, -0.2) is 26.4 Å². The van der Waals surface area contributed by atoms with Crippen molar-refractivity contribution in [2.24, 2.45) is 0 Å². The molecule has 2 aromatic rings. The third-order valence-electron chi connectivity index (χ3n) is 3.17. The number of halogens is 1. The second-order valence-corrected chi connectivity index (χ2v) is 6.83. The number of aliphatic hydroxyl groups is 1. The van der Waals surface area contributed by atoms with Crippen LogP contribution in [0.2, 0.25) is 0 Å². The van der Waals surface area contributed by atoms with Gasteiger partial charge in [-0.2, -0.15) is 0 Å². The number of methoxy groups -OCH3 is 3. The molecule has 0 saturated heterocycles. The zero-order valence-corrected chi connectivity index (χ0v) is 14.7. The number of aliphatic hydroxyl groups excluding tert-OH is 1. The molecule has 0 aliphatic carbocycles. The minimum Gasteiger partial charge on any atom is -0.493 e. The molecule has 6 heteroatoms. The molecule has 0 spiro atoms. The standard InChI is InChI=1S/C15H17BrO4S/c1-8-7-11(21-15(8)16)12(17)9-5-6-10(18-2)14(20-4)13(9)19-3/h5-7,12,17H,1-4H3. The molecule has 1 unspecified atom stereocenters. The molecular weight excluding hydrogens is 356 g/mol. The minimum atomic E-state index is -0.783. The SMILES string of the molecule is COc1ccc(C(O)c2cc(C)c(Br)s2)c(OC)c1OC. The summed E-state index contributed by atoms with van der Waals surface area (Å²) in [5, 5.41) is 10.6. The first-order valence-electron chi connectivity index (χ1n) is 6.26. The van der Waals surface area contributed by atoms with Crippen LogP contribution in [0.1, 0.15) is 22.1 Å². The van der Waals surface area contributed by atoms with E-state index in [0.29, 0.717) is 22.8 Å². The van der Waals surface area contributed by atoms with Gasteiger partial charge in [-0.1, -0.05) is 0 Å². The van der Waals surface area contributed by atoms with Gasteiger partial charge in [0, 0.05) is 10.4 Å². The van der Waals surface area contributed by atoms with E-state index in [0.717, 1.165) is 14.2 Å². The maximum absolute atomic E-state index is 10.6. The molecule has 0 radical (unpaired) electrons. The fourth-order valence-corrected chi connectivity index (χ4v) is 3.69. The third kappa shape index (κ3) is 3.02. The predicted octanol–water partition coefficient (Wildman–Crippen LogP) is 3.93. The van der Waals surface area contributed by atoms with E-state index in [1.54, 1.807) is 33.5 Å². The molecule has 1 aromatic heterocycles. The number of rotatable bonds is 5. The first-order chi connectivity index (χ1) is 10.0. The van der Waals surface area contributed by atoms with Gasteiger partial charge in [0.2, 0.25) is 5.75 Å². The van der Waals surface area contributed by atoms with Gasteiger partial charge < -0.3 is 19.3 Å². The lowest BCUT2D eigenvalue weighted by molar-refractivity contribution is 0.216. The van der Waals surface area contributed by atoms with E-state index < -0.39 is 6.10 Å². The van der Waals surface area contributed by atoms with Gasteiger partial charge in [0.1, 0.15) is 6.10 Å². The minimum absolute atomic E-state index is 0.476. The van der Waals surface area contributed by atoms with Gasteiger partial charge in [-0.25, -0.2) is 0 Å². The fourth-order valence-electron chi connectivity index (χ4n) is 2.11. The molecule has 1 aromatic carbocycles. The molecule has 2 rings (SSSR count). The van der Waals surface area contributed by atoms with E-state index in [1.807, 2.05) is 13.0 Å². The summed E-state index contributed by atoms with van der Waals surface area (Å²) in [4.78, 5) is 0.838. The van der Waals surface area contributed by atoms with E-state index in [-0.39, 0.29) is 0 Å². The Labute approximate surface area is 136 Å². The Kier molecular flexibility index (Phi) is 5.13. The van der Waals surface area contributed by atoms with Crippen LogP contribution >= 0.6 is 27.3 Å². The summed E-state index contributed by atoms with van der Waals surface area (Å²) in [5.74, 6) is 1.52. The number of hydrogen-bond donors (Lipinski definition) is 1. The highest BCUT2D eigenvalue weighted by atomic mass is 79.9. The van der Waals surface area contributed by atoms with Crippen LogP contribution in [0.5, 0.6) is 17.2 Å². The van der Waals surface area contributed by atoms with Crippen LogP contribution in [0.15, 0.2) is 22.0 Å². The van der Waals surface area contributed by atoms with Crippen molar-refractivity contribution in [2.45, 2.75) is 13.0 Å². The van der Waals surface area contributed by atoms with Crippen molar-refractivity contribution in [1.82, 2.24) is 0 Å². The first-order valence-corrected chi connectivity index (χ1v) is 7.87. The third-order valence-corrected chi connectivity index (χ3v) is 5.36. The van der Waals surface area contributed by atoms with Crippen LogP contribution < -0.4 is 14.2 Å². The quantitative estimate of drug-likeness (QED) is 0.863. The molecule has 1 heterocycles. The Morgan fingerprint density at radius 1 is 1.10 bits per heavy atom. The smallest absolute Gasteiger partial charge is 0.203 e. The maximum atomic E-state index is 10.6. The van der Waals surface area contributed by atoms with Crippen molar-refractivity contribution >= 4 is 27.3 Å². The molecule has 0 aliphatic rings. The zero-order chi connectivity index (χ0) is 15.6. The topological polar surface area (TPSA) is 47.9 Å². The molecule has 114 valence electrons. The van der Waals surface area contributed by atoms with E-state index >= 15 is 0 Å². The highest BCUT2D eigenvalue weighted by Gasteiger charge is 2.23. The fraction of sp³-hybridized carbons (Fsp3) is 0.333. The summed E-state index contributed by atoms with van der Waals surface area (Å²) in [6.07, 6.45) is -0.783. The average molecular weight is 373 g/mol. The van der Waals surface area contributed by atoms with Gasteiger partial charge in [-0.3, -0.25) is 0 Å². The molecular formula is C15H17BrO4S. The van der Waals surface area contributed by atoms with E-state index in [1.165, 1.54) is 11.3 Å². The Bertz CT molecular complexity index is 619. The lowest BCUT2D eigenvalue weighted by atomic mass is 10.1. The molecule has 0 bridgehead atoms. The van der Waals surface area contributed by atoms with Crippen LogP contribution in [0.4, 0.5) is 0 Å². The van der Waals surface area contributed by atoms with Crippen molar-refractivity contribution < 1.29 is 19.3 Å². The molecule has 4 nitrogen and oxygen atoms in total. The largest absolute Gasteiger partial charge is 0.493 e. The Morgan fingerprint density at radius 2 is 1.76 bits per heavy atom. The highest BCUT2D eigenvalue weighted by molar-refractivity contribution is 9.11. The number of benzene rings is 1. The van der Waals surface area contributed by atoms with Gasteiger partial charge in [0.25, 0.3) is 0 Å². The second-order valence-electron chi connectivity index (χ2n) is 4.43. The molecule has 21 heavy (non-hydrogen) atoms. The number of thiophene rings is 1. The van der Waals surface area contributed by atoms with Gasteiger partial charge in [0.05, 0.1) is 25.1 Å². The van der Waals surface area contributed by atoms with E-state index in [9.17, 15) is 5.11 Å². The lowest BCUT2D eigenvalue weighted by Gasteiger charge is -2.18. The van der Waals surface area contributed by atoms with Crippen LogP contribution in [0, 0.1) is 6.92 Å². The van der Waals surface area contributed by atoms with Gasteiger partial charge in [-0.05, 0) is 46.6 Å². The normalized spacial score (nSPS) is 12.1. The number of hydrogen-bond acceptors (Lipinski definition) is 5. The molecule has 0 amide bonds. The molecule has 0 aliphatic heterocycles. The Hall–Kier alpha value is -1.24. The van der Waals surface area contributed by atoms with Crippen LogP contribution in [0.3, 0.4) is 0 Å². The van der Waals surface area contributed by atoms with Crippen molar-refractivity contribution in [3.63, 3.8) is 0 Å². The first kappa shape index (κ1) is 16.1. The summed E-state index contributed by atoms with van der Waals surface area (Å²) in [6.45, 7) is 1.99. The summed E-state index contributed by atoms with van der Waals surface area (Å²) in [5.41, 5.74) is 1.73. The summed E-state index contributed by atoms with van der Waals surface area (Å²) < 4.78 is 17.0. The van der Waals surface area contributed by atoms with Crippen molar-refractivity contribution in [2.75, 3.05) is 21.3 Å². The molecule has 1 atom stereocenters. The van der Waals surface area contributed by atoms with Gasteiger partial charge >= 0.3 is 0 Å². The lowest BCUT2D eigenvalue weighted by Crippen LogP contribution is -2.03. The predicted molar refractivity (Wildman–Crippen MR) is 86.9 cm³/mol. The van der Waals surface area contributed by atoms with E-state index in [2.05, 4.69) is 15.9 Å². The molecule has 1 N–H and O–H groups in total. The Balaban J connectivity index is 2.52. The van der Waals surface area contributed by atoms with Crippen molar-refractivity contribution in [3.8, 4) is 17.2 Å². The summed E-state index contributed by atoms with van der Waals surface area (Å²) in [7, 11) is 4.65. The highest BCUT2D eigenvalue weighted by Crippen LogP contribution is 2.45. The summed E-state index contributed by atoms with van der Waals surface area (Å²) in [6, 6.07) is 5.50. The van der Waals surface area contributed by atoms with Crippen molar-refractivity contribution in [3.05, 3.63) is 38.0 Å². The number of aryl methyl sites for hydroxylation is 1. The Morgan fingerprint density at radius 3 is 2.24 bits per heavy atom. The van der Waals surface area contributed by atoms with Crippen molar-refractivity contribution in [1.29, 1.82) is 0 Å². The molecule has 0 saturated carbocycles. The second kappa shape index (κ2) is 6.68. The monoisotopic (exact) mass is 372 g/mol. The zero-order valence-electron chi connectivity index (χ0n) is 12.3. The van der Waals surface area contributed by atoms with Crippen LogP contribution in [0.25, 0.3) is 0 Å². The van der Waals surface area contributed by atoms with Crippen LogP contribution in [-0.2, 0) is 0 Å². The maximum Gasteiger partial charge on any atom is 0.203 e. The van der Waals surface area contributed by atoms with Gasteiger partial charge in [-0.15, -0.1) is 11.3 Å². The van der Waals surface area contributed by atoms with E-state index in [4.69, 9.17) is 14.2 Å². The average Bonchev–Trinajstić information content (AvgIpc) is 2.84. The summed E-state index contributed by atoms with van der Waals surface area (Å²) >= 11 is 4.97.